The highest BCUT2D eigenvalue weighted by Crippen LogP contribution is 2.04. The molecule has 42 valence electrons. The van der Waals surface area contributed by atoms with Crippen LogP contribution in [-0.4, -0.2) is 0 Å². The van der Waals surface area contributed by atoms with E-state index in [1.807, 2.05) is 5.73 Å². The van der Waals surface area contributed by atoms with E-state index in [1.165, 1.54) is 0 Å². The molecular formula is C6H8N2. The van der Waals surface area contributed by atoms with Gasteiger partial charge in [0.15, 0.2) is 1.41 Å². The Morgan fingerprint density at radius 1 is 1.25 bits per heavy atom. The van der Waals surface area contributed by atoms with Gasteiger partial charge >= 0.3 is 0 Å². The van der Waals surface area contributed by atoms with E-state index in [0.717, 1.165) is 0 Å². The highest BCUT2D eigenvalue weighted by molar-refractivity contribution is 5.47. The van der Waals surface area contributed by atoms with Crippen molar-refractivity contribution < 1.29 is 6.89 Å². The van der Waals surface area contributed by atoms with Gasteiger partial charge in [0.2, 0.25) is 0 Å². The molecule has 1 aromatic carbocycles. The van der Waals surface area contributed by atoms with Gasteiger partial charge in [0.1, 0.15) is 0 Å². The van der Waals surface area contributed by atoms with Gasteiger partial charge in [-0.3, -0.25) is 0 Å². The van der Waals surface area contributed by atoms with Crippen LogP contribution in [0.15, 0.2) is 24.2 Å². The molecule has 0 fully saturated rings. The van der Waals surface area contributed by atoms with Crippen molar-refractivity contribution in [1.82, 2.24) is 0 Å². The summed E-state index contributed by atoms with van der Waals surface area (Å²) in [6.45, 7) is 0. The van der Waals surface area contributed by atoms with Crippen LogP contribution < -0.4 is 11.5 Å². The minimum atomic E-state index is -0.325. The van der Waals surface area contributed by atoms with E-state index in [1.54, 1.807) is 0 Å². The first kappa shape index (κ1) is 1.65. The Kier molecular flexibility index (Phi) is 0.359. The van der Waals surface area contributed by atoms with Crippen LogP contribution in [0, 0.1) is 0 Å². The molecule has 0 radical (unpaired) electrons. The Morgan fingerprint density at radius 3 is 2.25 bits per heavy atom. The Balaban J connectivity index is 3.56. The van der Waals surface area contributed by atoms with Crippen LogP contribution in [0.3, 0.4) is 0 Å². The lowest BCUT2D eigenvalue weighted by Crippen LogP contribution is -1.86. The summed E-state index contributed by atoms with van der Waals surface area (Å²) in [4.78, 5) is 0. The normalized spacial score (nSPS) is 17.2. The first-order chi connectivity index (χ1) is 6.00. The quantitative estimate of drug-likeness (QED) is 0.530. The number of benzene rings is 1. The lowest BCUT2D eigenvalue weighted by molar-refractivity contribution is 1.67. The zero-order valence-electron chi connectivity index (χ0n) is 9.08. The number of anilines is 2. The topological polar surface area (TPSA) is 52.0 Å². The van der Waals surface area contributed by atoms with Crippen molar-refractivity contribution in [3.8, 4) is 0 Å². The van der Waals surface area contributed by atoms with Crippen LogP contribution in [0.5, 0.6) is 0 Å². The largest absolute Gasteiger partial charge is 0.399 e. The minimum absolute atomic E-state index is 0.163. The van der Waals surface area contributed by atoms with Crippen LogP contribution in [0.1, 0.15) is 5.48 Å². The molecular weight excluding hydrogens is 100 g/mol. The Morgan fingerprint density at radius 2 is 1.75 bits per heavy atom. The van der Waals surface area contributed by atoms with E-state index in [9.17, 15) is 0 Å². The lowest BCUT2D eigenvalue weighted by Gasteiger charge is -1.90. The third-order valence-electron chi connectivity index (χ3n) is 0.644. The molecule has 1 rings (SSSR count). The van der Waals surface area contributed by atoms with Crippen LogP contribution in [0.2, 0.25) is 1.41 Å². The smallest absolute Gasteiger partial charge is 0.156 e. The molecule has 0 unspecified atom stereocenters. The van der Waals surface area contributed by atoms with Crippen molar-refractivity contribution in [1.29, 1.82) is 0 Å². The molecule has 0 amide bonds. The van der Waals surface area contributed by atoms with Crippen molar-refractivity contribution in [3.63, 3.8) is 0 Å². The minimum Gasteiger partial charge on any atom is -0.399 e. The van der Waals surface area contributed by atoms with E-state index in [-0.39, 0.29) is 35.5 Å². The van der Waals surface area contributed by atoms with Crippen molar-refractivity contribution in [2.75, 3.05) is 11.5 Å². The summed E-state index contributed by atoms with van der Waals surface area (Å²) in [7, 11) is 0. The van der Waals surface area contributed by atoms with Crippen molar-refractivity contribution >= 4 is 11.4 Å². The average molecular weight is 113 g/mol. The van der Waals surface area contributed by atoms with Gasteiger partial charge in [-0.15, -0.1) is 0 Å². The summed E-state index contributed by atoms with van der Waals surface area (Å²) in [6.07, 6.45) is 0. The predicted octanol–water partition coefficient (Wildman–Crippen LogP) is 0.851. The average Bonchev–Trinajstić information content (AvgIpc) is 2.13. The van der Waals surface area contributed by atoms with Gasteiger partial charge in [-0.1, -0.05) is 0 Å². The third-order valence-corrected chi connectivity index (χ3v) is 0.644. The van der Waals surface area contributed by atoms with Crippen molar-refractivity contribution in [3.05, 3.63) is 24.2 Å². The zero-order valence-corrected chi connectivity index (χ0v) is 4.08. The van der Waals surface area contributed by atoms with Crippen LogP contribution >= 0.6 is 0 Å². The number of hydrogen-bond acceptors (Lipinski definition) is 2. The van der Waals surface area contributed by atoms with Gasteiger partial charge in [0.25, 0.3) is 0 Å². The van der Waals surface area contributed by atoms with Gasteiger partial charge in [0, 0.05) is 11.4 Å². The fourth-order valence-corrected chi connectivity index (χ4v) is 0.322. The van der Waals surface area contributed by atoms with E-state index >= 15 is 0 Å². The van der Waals surface area contributed by atoms with Gasteiger partial charge < -0.3 is 11.5 Å². The molecule has 0 aliphatic rings. The van der Waals surface area contributed by atoms with E-state index in [2.05, 4.69) is 0 Å². The molecule has 0 aliphatic heterocycles. The standard InChI is InChI=1S/C6H8N2/c7-5-1-2-6(8)4-3-5/h1-4H,7-8H2/i1D,2D,3D,4D/hD. The fraction of sp³-hybridized carbons (Fsp3) is 0. The first-order valence-corrected chi connectivity index (χ1v) is 2.04. The van der Waals surface area contributed by atoms with Gasteiger partial charge in [-0.2, -0.15) is 0 Å². The summed E-state index contributed by atoms with van der Waals surface area (Å²) in [5.41, 5.74) is 6.79. The summed E-state index contributed by atoms with van der Waals surface area (Å²) < 4.78 is 36.0. The molecule has 1 aromatic rings. The first-order valence-electron chi connectivity index (χ1n) is 4.54. The second-order valence-corrected chi connectivity index (χ2v) is 1.29. The van der Waals surface area contributed by atoms with E-state index in [0.29, 0.717) is 0 Å². The molecule has 0 heterocycles. The van der Waals surface area contributed by atoms with Gasteiger partial charge in [0.05, 0.1) is 5.48 Å². The molecule has 4 N–H and O–H groups in total. The summed E-state index contributed by atoms with van der Waals surface area (Å²) >= 11 is 0. The second kappa shape index (κ2) is 1.74. The number of nitrogens with two attached hydrogens (primary N) is 2. The van der Waals surface area contributed by atoms with Crippen LogP contribution in [-0.2, 0) is 0 Å². The monoisotopic (exact) mass is 113 g/mol. The van der Waals surface area contributed by atoms with E-state index < -0.39 is 0 Å². The number of rotatable bonds is 1. The molecule has 8 heavy (non-hydrogen) atoms. The third kappa shape index (κ3) is 0.904. The highest BCUT2D eigenvalue weighted by atomic mass is 14.6. The maximum Gasteiger partial charge on any atom is 0.156 e. The lowest BCUT2D eigenvalue weighted by atomic mass is 10.3. The molecule has 0 aromatic heterocycles. The van der Waals surface area contributed by atoms with E-state index in [4.69, 9.17) is 12.6 Å². The molecule has 2 heteroatoms. The molecule has 0 spiro atoms. The second-order valence-electron chi connectivity index (χ2n) is 1.29. The maximum absolute atomic E-state index is 7.32. The molecule has 0 aliphatic carbocycles. The maximum atomic E-state index is 7.32. The molecule has 0 atom stereocenters. The molecule has 0 saturated carbocycles. The van der Waals surface area contributed by atoms with Gasteiger partial charge in [-0.25, -0.2) is 0 Å². The SMILES string of the molecule is [2H]Nc1c([2H])c([2H])c(N)c([2H])c1[2H]. The Hall–Kier alpha value is -1.18. The molecule has 0 bridgehead atoms. The fourth-order valence-electron chi connectivity index (χ4n) is 0.322. The molecule has 0 saturated heterocycles. The van der Waals surface area contributed by atoms with Crippen LogP contribution in [0.4, 0.5) is 11.4 Å². The van der Waals surface area contributed by atoms with Crippen molar-refractivity contribution in [2.24, 2.45) is 0 Å². The summed E-state index contributed by atoms with van der Waals surface area (Å²) in [5.74, 6) is 0. The zero-order chi connectivity index (χ0) is 10.2. The number of hydrogen-bond donors (Lipinski definition) is 2. The van der Waals surface area contributed by atoms with Crippen molar-refractivity contribution in [2.45, 2.75) is 0 Å². The number of nitrogen functional groups attached to an aromatic ring is 2. The highest BCUT2D eigenvalue weighted by Gasteiger charge is 1.80. The van der Waals surface area contributed by atoms with Gasteiger partial charge in [-0.05, 0) is 24.2 Å². The summed E-state index contributed by atoms with van der Waals surface area (Å²) in [5, 5.41) is 0. The predicted molar refractivity (Wildman–Crippen MR) is 35.3 cm³/mol. The Labute approximate surface area is 55.2 Å². The Bertz CT molecular complexity index is 322. The van der Waals surface area contributed by atoms with Crippen LogP contribution in [0.25, 0.3) is 0 Å². The summed E-state index contributed by atoms with van der Waals surface area (Å²) in [6, 6.07) is -1.30. The molecule has 2 nitrogen and oxygen atoms in total.